The normalized spacial score (nSPS) is 10.9. The fourth-order valence-electron chi connectivity index (χ4n) is 0.913. The molecule has 0 aromatic rings. The lowest BCUT2D eigenvalue weighted by molar-refractivity contribution is 0.136. The molecule has 0 saturated heterocycles. The Morgan fingerprint density at radius 2 is 2.09 bits per heavy atom. The summed E-state index contributed by atoms with van der Waals surface area (Å²) in [5.41, 5.74) is 5.39. The fraction of sp³-hybridized carbons (Fsp3) is 1.00. The van der Waals surface area contributed by atoms with Crippen LogP contribution in [0.3, 0.4) is 0 Å². The molecule has 0 radical (unpaired) electrons. The van der Waals surface area contributed by atoms with Crippen LogP contribution in [0.5, 0.6) is 0 Å². The molecule has 0 aliphatic rings. The molecule has 11 heavy (non-hydrogen) atoms. The van der Waals surface area contributed by atoms with Crippen LogP contribution in [0.25, 0.3) is 0 Å². The van der Waals surface area contributed by atoms with Crippen LogP contribution in [0, 0.1) is 0 Å². The molecular formula is C8H20N2O. The standard InChI is InChI=1S/C8H20N2O/c1-3-11-8-4-6-10(2)7-5-9/h3-9H2,1-2H3. The summed E-state index contributed by atoms with van der Waals surface area (Å²) >= 11 is 0. The summed E-state index contributed by atoms with van der Waals surface area (Å²) in [6.07, 6.45) is 1.10. The van der Waals surface area contributed by atoms with E-state index < -0.39 is 0 Å². The lowest BCUT2D eigenvalue weighted by atomic mass is 10.4. The monoisotopic (exact) mass is 160 g/mol. The molecule has 0 aliphatic heterocycles. The lowest BCUT2D eigenvalue weighted by Crippen LogP contribution is -2.27. The van der Waals surface area contributed by atoms with Crippen molar-refractivity contribution in [3.8, 4) is 0 Å². The highest BCUT2D eigenvalue weighted by molar-refractivity contribution is 4.50. The summed E-state index contributed by atoms with van der Waals surface area (Å²) in [5, 5.41) is 0. The second-order valence-electron chi connectivity index (χ2n) is 2.64. The van der Waals surface area contributed by atoms with E-state index in [1.165, 1.54) is 0 Å². The van der Waals surface area contributed by atoms with E-state index >= 15 is 0 Å². The van der Waals surface area contributed by atoms with Crippen LogP contribution in [0.1, 0.15) is 13.3 Å². The van der Waals surface area contributed by atoms with E-state index in [-0.39, 0.29) is 0 Å². The summed E-state index contributed by atoms with van der Waals surface area (Å²) in [4.78, 5) is 2.22. The summed E-state index contributed by atoms with van der Waals surface area (Å²) in [6.45, 7) is 6.50. The van der Waals surface area contributed by atoms with Crippen LogP contribution in [-0.4, -0.2) is 44.8 Å². The highest BCUT2D eigenvalue weighted by Gasteiger charge is 1.94. The van der Waals surface area contributed by atoms with E-state index in [1.54, 1.807) is 0 Å². The smallest absolute Gasteiger partial charge is 0.0478 e. The Hall–Kier alpha value is -0.120. The number of likely N-dealkylation sites (N-methyl/N-ethyl adjacent to an activating group) is 1. The fourth-order valence-corrected chi connectivity index (χ4v) is 0.913. The third-order valence-corrected chi connectivity index (χ3v) is 1.54. The Balaban J connectivity index is 2.97. The third-order valence-electron chi connectivity index (χ3n) is 1.54. The lowest BCUT2D eigenvalue weighted by Gasteiger charge is -2.14. The summed E-state index contributed by atoms with van der Waals surface area (Å²) in [6, 6.07) is 0. The van der Waals surface area contributed by atoms with Gasteiger partial charge in [0.2, 0.25) is 0 Å². The summed E-state index contributed by atoms with van der Waals surface area (Å²) < 4.78 is 5.20. The first-order chi connectivity index (χ1) is 5.31. The zero-order valence-corrected chi connectivity index (χ0v) is 7.68. The number of ether oxygens (including phenoxy) is 1. The highest BCUT2D eigenvalue weighted by atomic mass is 16.5. The predicted molar refractivity (Wildman–Crippen MR) is 47.7 cm³/mol. The van der Waals surface area contributed by atoms with Gasteiger partial charge in [-0.3, -0.25) is 0 Å². The van der Waals surface area contributed by atoms with E-state index in [0.29, 0.717) is 0 Å². The van der Waals surface area contributed by atoms with Gasteiger partial charge in [-0.2, -0.15) is 0 Å². The first-order valence-electron chi connectivity index (χ1n) is 4.27. The average Bonchev–Trinajstić information content (AvgIpc) is 1.99. The first kappa shape index (κ1) is 10.9. The molecule has 0 spiro atoms. The van der Waals surface area contributed by atoms with E-state index in [1.807, 2.05) is 6.92 Å². The Morgan fingerprint density at radius 1 is 1.36 bits per heavy atom. The van der Waals surface area contributed by atoms with Crippen LogP contribution < -0.4 is 5.73 Å². The maximum atomic E-state index is 5.39. The van der Waals surface area contributed by atoms with Gasteiger partial charge in [-0.1, -0.05) is 0 Å². The maximum absolute atomic E-state index is 5.39. The van der Waals surface area contributed by atoms with Gasteiger partial charge < -0.3 is 15.4 Å². The van der Waals surface area contributed by atoms with Crippen molar-refractivity contribution < 1.29 is 4.74 Å². The highest BCUT2D eigenvalue weighted by Crippen LogP contribution is 1.87. The Labute approximate surface area is 69.5 Å². The molecule has 0 fully saturated rings. The van der Waals surface area contributed by atoms with E-state index in [4.69, 9.17) is 10.5 Å². The molecule has 3 nitrogen and oxygen atoms in total. The van der Waals surface area contributed by atoms with Gasteiger partial charge in [-0.15, -0.1) is 0 Å². The number of hydrogen-bond donors (Lipinski definition) is 1. The van der Waals surface area contributed by atoms with Gasteiger partial charge in [0.1, 0.15) is 0 Å². The van der Waals surface area contributed by atoms with Crippen LogP contribution in [0.15, 0.2) is 0 Å². The van der Waals surface area contributed by atoms with Crippen LogP contribution in [0.2, 0.25) is 0 Å². The van der Waals surface area contributed by atoms with E-state index in [9.17, 15) is 0 Å². The van der Waals surface area contributed by atoms with Crippen molar-refractivity contribution in [1.82, 2.24) is 4.90 Å². The van der Waals surface area contributed by atoms with Gasteiger partial charge in [0.15, 0.2) is 0 Å². The van der Waals surface area contributed by atoms with Crippen molar-refractivity contribution >= 4 is 0 Å². The van der Waals surface area contributed by atoms with Crippen molar-refractivity contribution in [3.05, 3.63) is 0 Å². The van der Waals surface area contributed by atoms with Crippen molar-refractivity contribution in [2.24, 2.45) is 5.73 Å². The summed E-state index contributed by atoms with van der Waals surface area (Å²) in [7, 11) is 2.08. The minimum Gasteiger partial charge on any atom is -0.382 e. The minimum atomic E-state index is 0.741. The molecule has 0 rings (SSSR count). The van der Waals surface area contributed by atoms with Crippen molar-refractivity contribution in [2.75, 3.05) is 39.9 Å². The average molecular weight is 160 g/mol. The molecule has 0 heterocycles. The summed E-state index contributed by atoms with van der Waals surface area (Å²) in [5.74, 6) is 0. The van der Waals surface area contributed by atoms with Crippen molar-refractivity contribution in [1.29, 1.82) is 0 Å². The first-order valence-corrected chi connectivity index (χ1v) is 4.27. The van der Waals surface area contributed by atoms with Gasteiger partial charge in [-0.05, 0) is 20.4 Å². The Bertz CT molecular complexity index is 78.5. The second-order valence-corrected chi connectivity index (χ2v) is 2.64. The van der Waals surface area contributed by atoms with Gasteiger partial charge in [-0.25, -0.2) is 0 Å². The topological polar surface area (TPSA) is 38.5 Å². The maximum Gasteiger partial charge on any atom is 0.0478 e. The molecule has 0 aliphatic carbocycles. The van der Waals surface area contributed by atoms with E-state index in [0.717, 1.165) is 39.3 Å². The predicted octanol–water partition coefficient (Wildman–Crippen LogP) is 0.304. The molecule has 0 aromatic carbocycles. The number of nitrogens with two attached hydrogens (primary N) is 1. The number of nitrogens with zero attached hydrogens (tertiary/aromatic N) is 1. The molecule has 0 bridgehead atoms. The van der Waals surface area contributed by atoms with Gasteiger partial charge >= 0.3 is 0 Å². The molecule has 68 valence electrons. The van der Waals surface area contributed by atoms with Crippen LogP contribution in [-0.2, 0) is 4.74 Å². The molecule has 0 atom stereocenters. The molecule has 2 N–H and O–H groups in total. The molecular weight excluding hydrogens is 140 g/mol. The number of hydrogen-bond acceptors (Lipinski definition) is 3. The molecule has 0 unspecified atom stereocenters. The Morgan fingerprint density at radius 3 is 2.64 bits per heavy atom. The van der Waals surface area contributed by atoms with Crippen LogP contribution in [0.4, 0.5) is 0 Å². The van der Waals surface area contributed by atoms with Crippen LogP contribution >= 0.6 is 0 Å². The zero-order chi connectivity index (χ0) is 8.53. The van der Waals surface area contributed by atoms with E-state index in [2.05, 4.69) is 11.9 Å². The molecule has 0 aromatic heterocycles. The van der Waals surface area contributed by atoms with Gasteiger partial charge in [0, 0.05) is 32.8 Å². The van der Waals surface area contributed by atoms with Gasteiger partial charge in [0.25, 0.3) is 0 Å². The second kappa shape index (κ2) is 7.98. The Kier molecular flexibility index (Phi) is 7.89. The quantitative estimate of drug-likeness (QED) is 0.544. The minimum absolute atomic E-state index is 0.741. The molecule has 0 saturated carbocycles. The molecule has 3 heteroatoms. The van der Waals surface area contributed by atoms with Crippen molar-refractivity contribution in [2.45, 2.75) is 13.3 Å². The number of rotatable bonds is 7. The third kappa shape index (κ3) is 7.78. The van der Waals surface area contributed by atoms with Gasteiger partial charge in [0.05, 0.1) is 0 Å². The SMILES string of the molecule is CCOCCCN(C)CCN. The molecule has 0 amide bonds. The zero-order valence-electron chi connectivity index (χ0n) is 7.68. The largest absolute Gasteiger partial charge is 0.382 e. The van der Waals surface area contributed by atoms with Crippen molar-refractivity contribution in [3.63, 3.8) is 0 Å².